The van der Waals surface area contributed by atoms with E-state index in [1.807, 2.05) is 40.7 Å². The summed E-state index contributed by atoms with van der Waals surface area (Å²) in [6.07, 6.45) is 1.94. The van der Waals surface area contributed by atoms with Crippen molar-refractivity contribution >= 4 is 30.1 Å². The Bertz CT molecular complexity index is 654. The first-order chi connectivity index (χ1) is 11.0. The first kappa shape index (κ1) is 19.2. The fourth-order valence-electron chi connectivity index (χ4n) is 2.36. The molecule has 2 rings (SSSR count). The van der Waals surface area contributed by atoms with Gasteiger partial charge in [-0.3, -0.25) is 4.79 Å². The van der Waals surface area contributed by atoms with E-state index in [0.717, 1.165) is 16.6 Å². The minimum Gasteiger partial charge on any atom is -0.400 e. The summed E-state index contributed by atoms with van der Waals surface area (Å²) in [6.45, 7) is 11.4. The van der Waals surface area contributed by atoms with Gasteiger partial charge in [0.2, 0.25) is 0 Å². The summed E-state index contributed by atoms with van der Waals surface area (Å²) in [5, 5.41) is 0.0354. The highest BCUT2D eigenvalue weighted by atomic mass is 32.2. The third-order valence-corrected chi connectivity index (χ3v) is 5.46. The van der Waals surface area contributed by atoms with E-state index in [-0.39, 0.29) is 10.9 Å². The number of aryl methyl sites for hydroxylation is 1. The van der Waals surface area contributed by atoms with E-state index in [4.69, 9.17) is 9.31 Å². The molecule has 1 saturated heterocycles. The molecule has 6 heteroatoms. The maximum atomic E-state index is 13.3. The first-order valence-corrected chi connectivity index (χ1v) is 8.96. The van der Waals surface area contributed by atoms with Crippen molar-refractivity contribution in [3.05, 3.63) is 40.6 Å². The van der Waals surface area contributed by atoms with Crippen LogP contribution in [0.5, 0.6) is 0 Å². The van der Waals surface area contributed by atoms with Crippen molar-refractivity contribution in [3.63, 3.8) is 0 Å². The number of rotatable bonds is 4. The van der Waals surface area contributed by atoms with Gasteiger partial charge in [0.05, 0.1) is 11.2 Å². The Kier molecular flexibility index (Phi) is 5.62. The van der Waals surface area contributed by atoms with E-state index < -0.39 is 18.3 Å². The second-order valence-electron chi connectivity index (χ2n) is 7.09. The van der Waals surface area contributed by atoms with Crippen LogP contribution in [0.1, 0.15) is 45.7 Å². The molecule has 130 valence electrons. The predicted molar refractivity (Wildman–Crippen MR) is 98.3 cm³/mol. The fourth-order valence-corrected chi connectivity index (χ4v) is 2.95. The Hall–Kier alpha value is -1.11. The van der Waals surface area contributed by atoms with Crippen molar-refractivity contribution in [3.8, 4) is 0 Å². The van der Waals surface area contributed by atoms with Gasteiger partial charge in [0.1, 0.15) is 5.82 Å². The van der Waals surface area contributed by atoms with E-state index in [0.29, 0.717) is 5.75 Å². The molecule has 0 aliphatic carbocycles. The van der Waals surface area contributed by atoms with Crippen LogP contribution in [-0.2, 0) is 14.1 Å². The molecule has 1 heterocycles. The first-order valence-electron chi connectivity index (χ1n) is 7.97. The van der Waals surface area contributed by atoms with Gasteiger partial charge in [-0.15, -0.1) is 0 Å². The van der Waals surface area contributed by atoms with Crippen molar-refractivity contribution in [1.29, 1.82) is 0 Å². The summed E-state index contributed by atoms with van der Waals surface area (Å²) < 4.78 is 25.5. The monoisotopic (exact) mass is 350 g/mol. The molecular formula is C18H24BFO3S. The van der Waals surface area contributed by atoms with Crippen LogP contribution in [0.15, 0.2) is 23.7 Å². The molecule has 1 aliphatic rings. The van der Waals surface area contributed by atoms with Crippen LogP contribution in [0.2, 0.25) is 0 Å². The minimum absolute atomic E-state index is 0.0354. The molecule has 3 nitrogen and oxygen atoms in total. The summed E-state index contributed by atoms with van der Waals surface area (Å²) in [6, 6.07) is 4.65. The van der Waals surface area contributed by atoms with Crippen LogP contribution in [0.4, 0.5) is 4.39 Å². The molecule has 0 amide bonds. The van der Waals surface area contributed by atoms with Gasteiger partial charge in [-0.05, 0) is 63.4 Å². The number of halogens is 1. The third kappa shape index (κ3) is 4.29. The zero-order valence-corrected chi connectivity index (χ0v) is 15.9. The Labute approximate surface area is 148 Å². The molecule has 0 unspecified atom stereocenters. The normalized spacial score (nSPS) is 19.6. The lowest BCUT2D eigenvalue weighted by Gasteiger charge is -2.32. The standard InChI is InChI=1S/C18H24BFO3S/c1-12-9-16(20)8-7-14(12)10-15(11-24-13(2)21)19-22-17(3,4)18(5,6)23-19/h7-10H,11H2,1-6H3. The van der Waals surface area contributed by atoms with E-state index in [1.54, 1.807) is 6.07 Å². The van der Waals surface area contributed by atoms with Crippen LogP contribution in [0, 0.1) is 12.7 Å². The topological polar surface area (TPSA) is 35.5 Å². The lowest BCUT2D eigenvalue weighted by atomic mass is 9.78. The zero-order chi connectivity index (χ0) is 18.1. The Morgan fingerprint density at radius 1 is 1.25 bits per heavy atom. The maximum absolute atomic E-state index is 13.3. The van der Waals surface area contributed by atoms with Gasteiger partial charge in [-0.1, -0.05) is 23.9 Å². The molecule has 1 fully saturated rings. The average Bonchev–Trinajstić information content (AvgIpc) is 2.65. The highest BCUT2D eigenvalue weighted by Crippen LogP contribution is 2.39. The van der Waals surface area contributed by atoms with Crippen molar-refractivity contribution in [2.24, 2.45) is 0 Å². The second-order valence-corrected chi connectivity index (χ2v) is 8.24. The van der Waals surface area contributed by atoms with Gasteiger partial charge in [0.15, 0.2) is 5.12 Å². The highest BCUT2D eigenvalue weighted by molar-refractivity contribution is 8.13. The number of benzene rings is 1. The Morgan fingerprint density at radius 2 is 1.83 bits per heavy atom. The van der Waals surface area contributed by atoms with Gasteiger partial charge < -0.3 is 9.31 Å². The van der Waals surface area contributed by atoms with Gasteiger partial charge in [-0.2, -0.15) is 0 Å². The molecule has 1 aromatic carbocycles. The summed E-state index contributed by atoms with van der Waals surface area (Å²) in [5.74, 6) is 0.211. The molecule has 1 aliphatic heterocycles. The second kappa shape index (κ2) is 7.02. The molecule has 0 atom stereocenters. The predicted octanol–water partition coefficient (Wildman–Crippen LogP) is 4.43. The molecule has 24 heavy (non-hydrogen) atoms. The summed E-state index contributed by atoms with van der Waals surface area (Å²) in [7, 11) is -0.522. The van der Waals surface area contributed by atoms with Gasteiger partial charge in [0, 0.05) is 12.7 Å². The molecule has 0 aromatic heterocycles. The number of carbonyl (C=O) groups excluding carboxylic acids is 1. The van der Waals surface area contributed by atoms with Crippen molar-refractivity contribution in [1.82, 2.24) is 0 Å². The Morgan fingerprint density at radius 3 is 2.33 bits per heavy atom. The van der Waals surface area contributed by atoms with Crippen molar-refractivity contribution < 1.29 is 18.5 Å². The number of hydrogen-bond donors (Lipinski definition) is 0. The Balaban J connectivity index is 2.35. The minimum atomic E-state index is -0.522. The van der Waals surface area contributed by atoms with E-state index in [9.17, 15) is 9.18 Å². The molecular weight excluding hydrogens is 326 g/mol. The van der Waals surface area contributed by atoms with E-state index >= 15 is 0 Å². The van der Waals surface area contributed by atoms with Gasteiger partial charge in [0.25, 0.3) is 0 Å². The quantitative estimate of drug-likeness (QED) is 0.753. The molecule has 1 aromatic rings. The number of carbonyl (C=O) groups is 1. The van der Waals surface area contributed by atoms with E-state index in [2.05, 4.69) is 0 Å². The van der Waals surface area contributed by atoms with Gasteiger partial charge >= 0.3 is 7.12 Å². The van der Waals surface area contributed by atoms with Crippen LogP contribution < -0.4 is 0 Å². The summed E-state index contributed by atoms with van der Waals surface area (Å²) in [5.41, 5.74) is 1.69. The molecule has 0 bridgehead atoms. The van der Waals surface area contributed by atoms with Crippen LogP contribution in [0.3, 0.4) is 0 Å². The fraction of sp³-hybridized carbons (Fsp3) is 0.500. The van der Waals surface area contributed by atoms with Crippen LogP contribution in [0.25, 0.3) is 6.08 Å². The molecule has 0 N–H and O–H groups in total. The van der Waals surface area contributed by atoms with Gasteiger partial charge in [-0.25, -0.2) is 4.39 Å². The summed E-state index contributed by atoms with van der Waals surface area (Å²) in [4.78, 5) is 11.4. The average molecular weight is 350 g/mol. The molecule has 0 saturated carbocycles. The lowest BCUT2D eigenvalue weighted by molar-refractivity contribution is -0.109. The number of hydrogen-bond acceptors (Lipinski definition) is 4. The van der Waals surface area contributed by atoms with Crippen LogP contribution >= 0.6 is 11.8 Å². The third-order valence-electron chi connectivity index (χ3n) is 4.57. The summed E-state index contributed by atoms with van der Waals surface area (Å²) >= 11 is 1.21. The van der Waals surface area contributed by atoms with Crippen molar-refractivity contribution in [2.45, 2.75) is 52.7 Å². The van der Waals surface area contributed by atoms with Crippen LogP contribution in [-0.4, -0.2) is 29.2 Å². The smallest absolute Gasteiger partial charge is 0.400 e. The zero-order valence-electron chi connectivity index (χ0n) is 15.1. The highest BCUT2D eigenvalue weighted by Gasteiger charge is 2.52. The molecule has 0 radical (unpaired) electrons. The molecule has 0 spiro atoms. The van der Waals surface area contributed by atoms with E-state index in [1.165, 1.54) is 30.8 Å². The van der Waals surface area contributed by atoms with Crippen molar-refractivity contribution in [2.75, 3.05) is 5.75 Å². The number of thioether (sulfide) groups is 1. The SMILES string of the molecule is CC(=O)SCC(=Cc1ccc(F)cc1C)B1OC(C)(C)C(C)(C)O1. The maximum Gasteiger partial charge on any atom is 0.491 e. The largest absolute Gasteiger partial charge is 0.491 e. The lowest BCUT2D eigenvalue weighted by Crippen LogP contribution is -2.41.